The molecule has 6 nitrogen and oxygen atoms in total. The molecule has 2 N–H and O–H groups in total. The van der Waals surface area contributed by atoms with E-state index in [1.165, 1.54) is 18.9 Å². The molecule has 0 spiro atoms. The standard InChI is InChI=1S/C15H21N3O3/c19-15(8-7-12-4-3-9-16-10-12)17-11-13-5-1-2-6-14(13)18(20)21/h1-2,5-6,12,16H,3-4,7-11H2,(H,17,19). The van der Waals surface area contributed by atoms with Crippen LogP contribution < -0.4 is 10.6 Å². The van der Waals surface area contributed by atoms with Gasteiger partial charge in [0.25, 0.3) is 5.69 Å². The third kappa shape index (κ3) is 4.82. The molecule has 114 valence electrons. The Morgan fingerprint density at radius 3 is 2.95 bits per heavy atom. The summed E-state index contributed by atoms with van der Waals surface area (Å²) in [5, 5.41) is 17.0. The highest BCUT2D eigenvalue weighted by atomic mass is 16.6. The molecule has 6 heteroatoms. The topological polar surface area (TPSA) is 84.3 Å². The summed E-state index contributed by atoms with van der Waals surface area (Å²) < 4.78 is 0. The molecule has 1 aromatic rings. The van der Waals surface area contributed by atoms with E-state index in [4.69, 9.17) is 0 Å². The van der Waals surface area contributed by atoms with Crippen molar-refractivity contribution in [3.8, 4) is 0 Å². The third-order valence-electron chi connectivity index (χ3n) is 3.84. The van der Waals surface area contributed by atoms with Gasteiger partial charge < -0.3 is 10.6 Å². The fourth-order valence-electron chi connectivity index (χ4n) is 2.63. The molecule has 21 heavy (non-hydrogen) atoms. The largest absolute Gasteiger partial charge is 0.352 e. The smallest absolute Gasteiger partial charge is 0.274 e. The molecule has 1 fully saturated rings. The van der Waals surface area contributed by atoms with Gasteiger partial charge in [-0.05, 0) is 38.3 Å². The molecular weight excluding hydrogens is 270 g/mol. The van der Waals surface area contributed by atoms with Crippen molar-refractivity contribution in [2.75, 3.05) is 13.1 Å². The fraction of sp³-hybridized carbons (Fsp3) is 0.533. The first kappa shape index (κ1) is 15.4. The Kier molecular flexibility index (Phi) is 5.68. The molecule has 1 aliphatic heterocycles. The number of nitrogens with zero attached hydrogens (tertiary/aromatic N) is 1. The number of hydrogen-bond acceptors (Lipinski definition) is 4. The lowest BCUT2D eigenvalue weighted by molar-refractivity contribution is -0.385. The van der Waals surface area contributed by atoms with Crippen molar-refractivity contribution in [1.29, 1.82) is 0 Å². The molecule has 1 aliphatic rings. The molecule has 1 atom stereocenters. The molecule has 1 unspecified atom stereocenters. The van der Waals surface area contributed by atoms with Gasteiger partial charge in [0, 0.05) is 24.6 Å². The molecule has 0 bridgehead atoms. The quantitative estimate of drug-likeness (QED) is 0.620. The molecule has 0 aliphatic carbocycles. The molecule has 1 aromatic carbocycles. The summed E-state index contributed by atoms with van der Waals surface area (Å²) in [4.78, 5) is 22.3. The molecule has 2 rings (SSSR count). The van der Waals surface area contributed by atoms with Gasteiger partial charge in [-0.3, -0.25) is 14.9 Å². The number of piperidine rings is 1. The van der Waals surface area contributed by atoms with Gasteiger partial charge in [-0.1, -0.05) is 18.2 Å². The molecule has 1 heterocycles. The molecule has 1 amide bonds. The highest BCUT2D eigenvalue weighted by Gasteiger charge is 2.16. The molecule has 1 saturated heterocycles. The maximum Gasteiger partial charge on any atom is 0.274 e. The Hall–Kier alpha value is -1.95. The summed E-state index contributed by atoms with van der Waals surface area (Å²) in [5.74, 6) is 0.522. The van der Waals surface area contributed by atoms with E-state index in [1.807, 2.05) is 0 Å². The number of carbonyl (C=O) groups is 1. The van der Waals surface area contributed by atoms with Crippen molar-refractivity contribution < 1.29 is 9.72 Å². The van der Waals surface area contributed by atoms with E-state index in [0.29, 0.717) is 17.9 Å². The average Bonchev–Trinajstić information content (AvgIpc) is 2.52. The Balaban J connectivity index is 1.77. The summed E-state index contributed by atoms with van der Waals surface area (Å²) in [6.45, 7) is 2.26. The second-order valence-electron chi connectivity index (χ2n) is 5.41. The van der Waals surface area contributed by atoms with Gasteiger partial charge in [0.1, 0.15) is 0 Å². The lowest BCUT2D eigenvalue weighted by atomic mass is 9.94. The summed E-state index contributed by atoms with van der Waals surface area (Å²) in [6, 6.07) is 6.49. The molecule has 0 radical (unpaired) electrons. The predicted molar refractivity (Wildman–Crippen MR) is 79.8 cm³/mol. The van der Waals surface area contributed by atoms with Gasteiger partial charge in [0.2, 0.25) is 5.91 Å². The summed E-state index contributed by atoms with van der Waals surface area (Å²) in [5.41, 5.74) is 0.587. The minimum absolute atomic E-state index is 0.0428. The zero-order valence-electron chi connectivity index (χ0n) is 12.0. The van der Waals surface area contributed by atoms with Gasteiger partial charge in [-0.25, -0.2) is 0 Å². The first-order valence-electron chi connectivity index (χ1n) is 7.36. The van der Waals surface area contributed by atoms with Crippen LogP contribution in [0.4, 0.5) is 5.69 Å². The number of nitro benzene ring substituents is 1. The lowest BCUT2D eigenvalue weighted by Crippen LogP contribution is -2.31. The van der Waals surface area contributed by atoms with Crippen molar-refractivity contribution in [2.45, 2.75) is 32.2 Å². The summed E-state index contributed by atoms with van der Waals surface area (Å²) in [6.07, 6.45) is 3.69. The van der Waals surface area contributed by atoms with Crippen molar-refractivity contribution in [3.63, 3.8) is 0 Å². The third-order valence-corrected chi connectivity index (χ3v) is 3.84. The SMILES string of the molecule is O=C(CCC1CCCNC1)NCc1ccccc1[N+](=O)[O-]. The van der Waals surface area contributed by atoms with Crippen LogP contribution in [0.25, 0.3) is 0 Å². The first-order valence-corrected chi connectivity index (χ1v) is 7.36. The highest BCUT2D eigenvalue weighted by molar-refractivity contribution is 5.76. The van der Waals surface area contributed by atoms with Crippen LogP contribution in [-0.4, -0.2) is 23.9 Å². The maximum absolute atomic E-state index is 11.8. The summed E-state index contributed by atoms with van der Waals surface area (Å²) >= 11 is 0. The Bertz CT molecular complexity index is 499. The maximum atomic E-state index is 11.8. The lowest BCUT2D eigenvalue weighted by Gasteiger charge is -2.22. The monoisotopic (exact) mass is 291 g/mol. The predicted octanol–water partition coefficient (Wildman–Crippen LogP) is 1.99. The Morgan fingerprint density at radius 2 is 2.24 bits per heavy atom. The van der Waals surface area contributed by atoms with Gasteiger partial charge in [0.15, 0.2) is 0 Å². The van der Waals surface area contributed by atoms with Gasteiger partial charge in [-0.15, -0.1) is 0 Å². The second kappa shape index (κ2) is 7.73. The van der Waals surface area contributed by atoms with Crippen molar-refractivity contribution in [3.05, 3.63) is 39.9 Å². The first-order chi connectivity index (χ1) is 10.2. The van der Waals surface area contributed by atoms with Crippen molar-refractivity contribution in [2.24, 2.45) is 5.92 Å². The zero-order chi connectivity index (χ0) is 15.1. The highest BCUT2D eigenvalue weighted by Crippen LogP contribution is 2.18. The number of hydrogen-bond donors (Lipinski definition) is 2. The van der Waals surface area contributed by atoms with Crippen LogP contribution in [0.1, 0.15) is 31.2 Å². The van der Waals surface area contributed by atoms with E-state index in [2.05, 4.69) is 10.6 Å². The normalized spacial score (nSPS) is 18.2. The number of rotatable bonds is 6. The number of nitrogens with one attached hydrogen (secondary N) is 2. The van der Waals surface area contributed by atoms with E-state index in [-0.39, 0.29) is 18.1 Å². The van der Waals surface area contributed by atoms with E-state index < -0.39 is 4.92 Å². The van der Waals surface area contributed by atoms with Crippen LogP contribution in [0.2, 0.25) is 0 Å². The van der Waals surface area contributed by atoms with E-state index in [0.717, 1.165) is 19.5 Å². The van der Waals surface area contributed by atoms with Crippen LogP contribution >= 0.6 is 0 Å². The Labute approximate surface area is 124 Å². The van der Waals surface area contributed by atoms with Crippen LogP contribution in [0, 0.1) is 16.0 Å². The number of carbonyl (C=O) groups excluding carboxylic acids is 1. The zero-order valence-corrected chi connectivity index (χ0v) is 12.0. The van der Waals surface area contributed by atoms with Crippen LogP contribution in [0.5, 0.6) is 0 Å². The van der Waals surface area contributed by atoms with Gasteiger partial charge >= 0.3 is 0 Å². The van der Waals surface area contributed by atoms with Crippen LogP contribution in [0.15, 0.2) is 24.3 Å². The van der Waals surface area contributed by atoms with E-state index in [9.17, 15) is 14.9 Å². The minimum atomic E-state index is -0.421. The van der Waals surface area contributed by atoms with Crippen LogP contribution in [-0.2, 0) is 11.3 Å². The van der Waals surface area contributed by atoms with Crippen molar-refractivity contribution >= 4 is 11.6 Å². The average molecular weight is 291 g/mol. The molecular formula is C15H21N3O3. The Morgan fingerprint density at radius 1 is 1.43 bits per heavy atom. The number of benzene rings is 1. The summed E-state index contributed by atoms with van der Waals surface area (Å²) in [7, 11) is 0. The number of amides is 1. The van der Waals surface area contributed by atoms with Gasteiger partial charge in [0.05, 0.1) is 4.92 Å². The van der Waals surface area contributed by atoms with E-state index in [1.54, 1.807) is 18.2 Å². The van der Waals surface area contributed by atoms with E-state index >= 15 is 0 Å². The number of para-hydroxylation sites is 1. The number of nitro groups is 1. The van der Waals surface area contributed by atoms with Gasteiger partial charge in [-0.2, -0.15) is 0 Å². The second-order valence-corrected chi connectivity index (χ2v) is 5.41. The fourth-order valence-corrected chi connectivity index (χ4v) is 2.63. The van der Waals surface area contributed by atoms with Crippen molar-refractivity contribution in [1.82, 2.24) is 10.6 Å². The minimum Gasteiger partial charge on any atom is -0.352 e. The van der Waals surface area contributed by atoms with Crippen LogP contribution in [0.3, 0.4) is 0 Å². The molecule has 0 saturated carbocycles. The molecule has 0 aromatic heterocycles.